The van der Waals surface area contributed by atoms with E-state index in [2.05, 4.69) is 10.1 Å². The van der Waals surface area contributed by atoms with Crippen LogP contribution in [0.2, 0.25) is 0 Å². The van der Waals surface area contributed by atoms with Crippen LogP contribution in [0.4, 0.5) is 4.39 Å². The fourth-order valence-corrected chi connectivity index (χ4v) is 4.13. The van der Waals surface area contributed by atoms with Gasteiger partial charge in [0.25, 0.3) is 0 Å². The molecule has 1 amide bonds. The van der Waals surface area contributed by atoms with Crippen LogP contribution in [0.15, 0.2) is 29.2 Å². The van der Waals surface area contributed by atoms with E-state index >= 15 is 0 Å². The Hall–Kier alpha value is -2.04. The predicted octanol–water partition coefficient (Wildman–Crippen LogP) is 0.201. The molecule has 0 radical (unpaired) electrons. The minimum atomic E-state index is -3.66. The maximum Gasteiger partial charge on any atom is 0.305 e. The smallest absolute Gasteiger partial charge is 0.305 e. The molecule has 0 bridgehead atoms. The summed E-state index contributed by atoms with van der Waals surface area (Å²) >= 11 is 0. The zero-order valence-electron chi connectivity index (χ0n) is 15.2. The highest BCUT2D eigenvalue weighted by Gasteiger charge is 2.29. The van der Waals surface area contributed by atoms with E-state index in [0.29, 0.717) is 26.1 Å². The summed E-state index contributed by atoms with van der Waals surface area (Å²) in [5.74, 6) is -0.978. The third kappa shape index (κ3) is 6.26. The van der Waals surface area contributed by atoms with Crippen LogP contribution < -0.4 is 5.32 Å². The molecule has 1 fully saturated rings. The summed E-state index contributed by atoms with van der Waals surface area (Å²) in [4.78, 5) is 24.8. The van der Waals surface area contributed by atoms with Crippen molar-refractivity contribution in [3.05, 3.63) is 30.1 Å². The normalized spacial score (nSPS) is 16.1. The molecule has 1 aliphatic heterocycles. The van der Waals surface area contributed by atoms with Crippen molar-refractivity contribution >= 4 is 21.9 Å². The minimum Gasteiger partial charge on any atom is -0.469 e. The molecule has 0 unspecified atom stereocenters. The maximum atomic E-state index is 13.0. The quantitative estimate of drug-likeness (QED) is 0.494. The Bertz CT molecular complexity index is 746. The van der Waals surface area contributed by atoms with E-state index in [9.17, 15) is 22.4 Å². The van der Waals surface area contributed by atoms with Crippen LogP contribution in [0, 0.1) is 5.82 Å². The highest BCUT2D eigenvalue weighted by molar-refractivity contribution is 7.89. The third-order valence-corrected chi connectivity index (χ3v) is 6.17. The van der Waals surface area contributed by atoms with E-state index in [-0.39, 0.29) is 42.8 Å². The minimum absolute atomic E-state index is 0.0562. The van der Waals surface area contributed by atoms with Gasteiger partial charge in [-0.1, -0.05) is 0 Å². The summed E-state index contributed by atoms with van der Waals surface area (Å²) in [5, 5.41) is 2.73. The van der Waals surface area contributed by atoms with E-state index in [1.165, 1.54) is 23.5 Å². The number of ether oxygens (including phenoxy) is 1. The Morgan fingerprint density at radius 1 is 1.15 bits per heavy atom. The standard InChI is InChI=1S/C17H24FN3O5S/c1-26-17(23)3-2-8-19-16(22)13-20-9-11-21(12-10-20)27(24,25)15-6-4-14(18)5-7-15/h4-7H,2-3,8-13H2,1H3,(H,19,22). The van der Waals surface area contributed by atoms with E-state index in [0.717, 1.165) is 12.1 Å². The molecular weight excluding hydrogens is 377 g/mol. The molecule has 0 aliphatic carbocycles. The van der Waals surface area contributed by atoms with Gasteiger partial charge in [0.1, 0.15) is 5.82 Å². The van der Waals surface area contributed by atoms with Crippen LogP contribution in [0.1, 0.15) is 12.8 Å². The van der Waals surface area contributed by atoms with Gasteiger partial charge in [0.2, 0.25) is 15.9 Å². The van der Waals surface area contributed by atoms with E-state index in [1.807, 2.05) is 4.90 Å². The van der Waals surface area contributed by atoms with Gasteiger partial charge < -0.3 is 10.1 Å². The Morgan fingerprint density at radius 2 is 1.78 bits per heavy atom. The van der Waals surface area contributed by atoms with Crippen LogP contribution >= 0.6 is 0 Å². The summed E-state index contributed by atoms with van der Waals surface area (Å²) < 4.78 is 43.9. The van der Waals surface area contributed by atoms with Gasteiger partial charge in [0.05, 0.1) is 18.6 Å². The van der Waals surface area contributed by atoms with Crippen LogP contribution in [-0.2, 0) is 24.3 Å². The Balaban J connectivity index is 1.75. The van der Waals surface area contributed by atoms with Crippen molar-refractivity contribution < 1.29 is 27.1 Å². The first-order valence-electron chi connectivity index (χ1n) is 8.64. The average molecular weight is 401 g/mol. The number of nitrogens with zero attached hydrogens (tertiary/aromatic N) is 2. The lowest BCUT2D eigenvalue weighted by atomic mass is 10.3. The zero-order chi connectivity index (χ0) is 19.9. The highest BCUT2D eigenvalue weighted by atomic mass is 32.2. The summed E-state index contributed by atoms with van der Waals surface area (Å²) in [6.45, 7) is 1.92. The predicted molar refractivity (Wildman–Crippen MR) is 95.9 cm³/mol. The van der Waals surface area contributed by atoms with Gasteiger partial charge in [-0.3, -0.25) is 14.5 Å². The molecule has 1 saturated heterocycles. The number of carbonyl (C=O) groups excluding carboxylic acids is 2. The first-order chi connectivity index (χ1) is 12.8. The molecule has 0 aromatic heterocycles. The number of sulfonamides is 1. The second kappa shape index (κ2) is 9.77. The van der Waals surface area contributed by atoms with Gasteiger partial charge in [0.15, 0.2) is 0 Å². The molecule has 1 aromatic carbocycles. The van der Waals surface area contributed by atoms with Crippen molar-refractivity contribution in [2.75, 3.05) is 46.4 Å². The van der Waals surface area contributed by atoms with Crippen LogP contribution in [-0.4, -0.2) is 75.9 Å². The number of methoxy groups -OCH3 is 1. The molecule has 2 rings (SSSR count). The second-order valence-electron chi connectivity index (χ2n) is 6.16. The van der Waals surface area contributed by atoms with Crippen molar-refractivity contribution in [3.8, 4) is 0 Å². The molecule has 150 valence electrons. The first kappa shape index (κ1) is 21.3. The Morgan fingerprint density at radius 3 is 2.37 bits per heavy atom. The second-order valence-corrected chi connectivity index (χ2v) is 8.10. The van der Waals surface area contributed by atoms with E-state index in [4.69, 9.17) is 0 Å². The van der Waals surface area contributed by atoms with E-state index < -0.39 is 15.8 Å². The number of benzene rings is 1. The number of hydrogen-bond donors (Lipinski definition) is 1. The van der Waals surface area contributed by atoms with Gasteiger partial charge in [-0.25, -0.2) is 12.8 Å². The van der Waals surface area contributed by atoms with Crippen molar-refractivity contribution in [3.63, 3.8) is 0 Å². The van der Waals surface area contributed by atoms with Gasteiger partial charge in [-0.05, 0) is 30.7 Å². The Kier molecular flexibility index (Phi) is 7.69. The number of nitrogens with one attached hydrogen (secondary N) is 1. The number of carbonyl (C=O) groups is 2. The van der Waals surface area contributed by atoms with Crippen molar-refractivity contribution in [2.24, 2.45) is 0 Å². The van der Waals surface area contributed by atoms with E-state index in [1.54, 1.807) is 0 Å². The molecule has 8 nitrogen and oxygen atoms in total. The van der Waals surface area contributed by atoms with Crippen molar-refractivity contribution in [1.82, 2.24) is 14.5 Å². The molecule has 0 atom stereocenters. The molecular formula is C17H24FN3O5S. The molecule has 1 aliphatic rings. The number of halogens is 1. The van der Waals surface area contributed by atoms with Crippen LogP contribution in [0.25, 0.3) is 0 Å². The van der Waals surface area contributed by atoms with Gasteiger partial charge in [-0.15, -0.1) is 0 Å². The van der Waals surface area contributed by atoms with Crippen LogP contribution in [0.5, 0.6) is 0 Å². The lowest BCUT2D eigenvalue weighted by Gasteiger charge is -2.33. The number of amides is 1. The average Bonchev–Trinajstić information content (AvgIpc) is 2.66. The van der Waals surface area contributed by atoms with Crippen molar-refractivity contribution in [1.29, 1.82) is 0 Å². The SMILES string of the molecule is COC(=O)CCCNC(=O)CN1CCN(S(=O)(=O)c2ccc(F)cc2)CC1. The molecule has 1 N–H and O–H groups in total. The summed E-state index contributed by atoms with van der Waals surface area (Å²) in [6.07, 6.45) is 0.749. The largest absolute Gasteiger partial charge is 0.469 e. The number of esters is 1. The molecule has 0 saturated carbocycles. The number of hydrogen-bond acceptors (Lipinski definition) is 6. The van der Waals surface area contributed by atoms with Gasteiger partial charge >= 0.3 is 5.97 Å². The van der Waals surface area contributed by atoms with Gasteiger partial charge in [-0.2, -0.15) is 4.31 Å². The lowest BCUT2D eigenvalue weighted by molar-refractivity contribution is -0.140. The molecule has 10 heteroatoms. The maximum absolute atomic E-state index is 13.0. The van der Waals surface area contributed by atoms with Gasteiger partial charge in [0, 0.05) is 39.1 Å². The lowest BCUT2D eigenvalue weighted by Crippen LogP contribution is -2.51. The fraction of sp³-hybridized carbons (Fsp3) is 0.529. The van der Waals surface area contributed by atoms with Crippen LogP contribution in [0.3, 0.4) is 0 Å². The summed E-state index contributed by atoms with van der Waals surface area (Å²) in [6, 6.07) is 4.74. The topological polar surface area (TPSA) is 96.0 Å². The molecule has 0 spiro atoms. The number of piperazine rings is 1. The molecule has 1 heterocycles. The highest BCUT2D eigenvalue weighted by Crippen LogP contribution is 2.17. The fourth-order valence-electron chi connectivity index (χ4n) is 2.71. The Labute approximate surface area is 158 Å². The summed E-state index contributed by atoms with van der Waals surface area (Å²) in [5.41, 5.74) is 0. The number of rotatable bonds is 8. The molecule has 1 aromatic rings. The van der Waals surface area contributed by atoms with Crippen molar-refractivity contribution in [2.45, 2.75) is 17.7 Å². The summed E-state index contributed by atoms with van der Waals surface area (Å²) in [7, 11) is -2.35. The first-order valence-corrected chi connectivity index (χ1v) is 10.1. The monoisotopic (exact) mass is 401 g/mol. The molecule has 27 heavy (non-hydrogen) atoms. The zero-order valence-corrected chi connectivity index (χ0v) is 16.0. The third-order valence-electron chi connectivity index (χ3n) is 4.26.